The van der Waals surface area contributed by atoms with Gasteiger partial charge >= 0.3 is 6.18 Å². The Labute approximate surface area is 157 Å². The number of aromatic nitrogens is 4. The minimum absolute atomic E-state index is 0.0282. The molecule has 3 rings (SSSR count). The predicted octanol–water partition coefficient (Wildman–Crippen LogP) is 3.75. The Kier molecular flexibility index (Phi) is 5.13. The molecule has 6 nitrogen and oxygen atoms in total. The highest BCUT2D eigenvalue weighted by atomic mass is 35.5. The van der Waals surface area contributed by atoms with Crippen LogP contribution in [-0.4, -0.2) is 32.4 Å². The van der Waals surface area contributed by atoms with E-state index in [1.54, 1.807) is 19.1 Å². The van der Waals surface area contributed by atoms with E-state index in [0.29, 0.717) is 12.1 Å². The lowest BCUT2D eigenvalue weighted by Gasteiger charge is -2.12. The number of nitrogens with one attached hydrogen (secondary N) is 1. The first-order chi connectivity index (χ1) is 12.8. The molecule has 0 atom stereocenters. The average Bonchev–Trinajstić information content (AvgIpc) is 3.07. The number of carbonyl (C=O) groups excluding carboxylic acids is 1. The lowest BCUT2D eigenvalue weighted by molar-refractivity contribution is -0.137. The van der Waals surface area contributed by atoms with Gasteiger partial charge in [0.05, 0.1) is 16.3 Å². The Balaban J connectivity index is 2.24. The summed E-state index contributed by atoms with van der Waals surface area (Å²) in [6, 6.07) is 6.13. The molecular formula is C17H13ClF3N5O. The van der Waals surface area contributed by atoms with E-state index >= 15 is 0 Å². The van der Waals surface area contributed by atoms with E-state index in [1.807, 2.05) is 0 Å². The van der Waals surface area contributed by atoms with Crippen LogP contribution < -0.4 is 5.32 Å². The standard InChI is InChI=1S/C17H13ClF3N5O/c1-2-23-16(27)14-15(10-4-3-7-22-9-10)26(25-24-14)13-8-11(17(19,20)21)5-6-12(13)18/h3-9H,2H2,1H3,(H,23,27). The second-order valence-electron chi connectivity index (χ2n) is 5.46. The van der Waals surface area contributed by atoms with Crippen molar-refractivity contribution in [1.29, 1.82) is 0 Å². The van der Waals surface area contributed by atoms with E-state index in [-0.39, 0.29) is 22.1 Å². The van der Waals surface area contributed by atoms with E-state index in [2.05, 4.69) is 20.6 Å². The zero-order valence-electron chi connectivity index (χ0n) is 14.0. The molecule has 0 fully saturated rings. The van der Waals surface area contributed by atoms with Crippen LogP contribution in [0.1, 0.15) is 23.0 Å². The molecule has 0 aliphatic heterocycles. The Morgan fingerprint density at radius 2 is 2.07 bits per heavy atom. The van der Waals surface area contributed by atoms with E-state index < -0.39 is 17.6 Å². The van der Waals surface area contributed by atoms with E-state index in [0.717, 1.165) is 22.9 Å². The second-order valence-corrected chi connectivity index (χ2v) is 5.87. The Morgan fingerprint density at radius 3 is 2.70 bits per heavy atom. The highest BCUT2D eigenvalue weighted by Crippen LogP contribution is 2.34. The van der Waals surface area contributed by atoms with E-state index in [4.69, 9.17) is 11.6 Å². The smallest absolute Gasteiger partial charge is 0.351 e. The summed E-state index contributed by atoms with van der Waals surface area (Å²) in [5.41, 5.74) is -0.340. The van der Waals surface area contributed by atoms with Crippen molar-refractivity contribution in [3.05, 3.63) is 59.0 Å². The molecule has 0 aliphatic carbocycles. The van der Waals surface area contributed by atoms with Crippen molar-refractivity contribution in [2.24, 2.45) is 0 Å². The van der Waals surface area contributed by atoms with Crippen LogP contribution in [0.2, 0.25) is 5.02 Å². The van der Waals surface area contributed by atoms with Crippen LogP contribution in [-0.2, 0) is 6.18 Å². The second kappa shape index (κ2) is 7.36. The number of carbonyl (C=O) groups is 1. The molecule has 0 aliphatic rings. The maximum Gasteiger partial charge on any atom is 0.416 e. The molecule has 1 amide bonds. The molecule has 0 saturated carbocycles. The summed E-state index contributed by atoms with van der Waals surface area (Å²) in [6.07, 6.45) is -1.57. The number of halogens is 4. The molecule has 2 aromatic heterocycles. The van der Waals surface area contributed by atoms with E-state index in [9.17, 15) is 18.0 Å². The number of nitrogens with zero attached hydrogens (tertiary/aromatic N) is 4. The first kappa shape index (κ1) is 18.8. The van der Waals surface area contributed by atoms with Gasteiger partial charge in [0.25, 0.3) is 5.91 Å². The van der Waals surface area contributed by atoms with Crippen molar-refractivity contribution in [2.75, 3.05) is 6.54 Å². The highest BCUT2D eigenvalue weighted by Gasteiger charge is 2.32. The minimum Gasteiger partial charge on any atom is -0.351 e. The van der Waals surface area contributed by atoms with Crippen LogP contribution >= 0.6 is 11.6 Å². The molecule has 0 unspecified atom stereocenters. The molecule has 140 valence electrons. The molecule has 1 aromatic carbocycles. The zero-order valence-corrected chi connectivity index (χ0v) is 14.7. The fraction of sp³-hybridized carbons (Fsp3) is 0.176. The van der Waals surface area contributed by atoms with Crippen LogP contribution in [0.25, 0.3) is 16.9 Å². The molecule has 27 heavy (non-hydrogen) atoms. The topological polar surface area (TPSA) is 72.7 Å². The Morgan fingerprint density at radius 1 is 1.30 bits per heavy atom. The molecule has 3 aromatic rings. The quantitative estimate of drug-likeness (QED) is 0.730. The Bertz CT molecular complexity index is 972. The lowest BCUT2D eigenvalue weighted by Crippen LogP contribution is -2.23. The van der Waals surface area contributed by atoms with Crippen molar-refractivity contribution in [3.8, 4) is 16.9 Å². The van der Waals surface area contributed by atoms with Crippen LogP contribution in [0.4, 0.5) is 13.2 Å². The van der Waals surface area contributed by atoms with Crippen molar-refractivity contribution in [3.63, 3.8) is 0 Å². The number of hydrogen-bond acceptors (Lipinski definition) is 4. The summed E-state index contributed by atoms with van der Waals surface area (Å²) < 4.78 is 40.4. The average molecular weight is 396 g/mol. The number of benzene rings is 1. The monoisotopic (exact) mass is 395 g/mol. The normalized spacial score (nSPS) is 11.4. The number of amides is 1. The van der Waals surface area contributed by atoms with Gasteiger partial charge in [0.15, 0.2) is 5.69 Å². The van der Waals surface area contributed by atoms with Crippen LogP contribution in [0, 0.1) is 0 Å². The predicted molar refractivity (Wildman–Crippen MR) is 92.6 cm³/mol. The summed E-state index contributed by atoms with van der Waals surface area (Å²) in [5, 5.41) is 10.4. The van der Waals surface area contributed by atoms with Crippen LogP contribution in [0.3, 0.4) is 0 Å². The Hall–Kier alpha value is -2.94. The van der Waals surface area contributed by atoms with Gasteiger partial charge in [-0.15, -0.1) is 5.10 Å². The van der Waals surface area contributed by atoms with Gasteiger partial charge < -0.3 is 5.32 Å². The molecule has 10 heteroatoms. The number of alkyl halides is 3. The molecule has 0 bridgehead atoms. The first-order valence-electron chi connectivity index (χ1n) is 7.84. The van der Waals surface area contributed by atoms with E-state index in [1.165, 1.54) is 12.4 Å². The molecule has 0 radical (unpaired) electrons. The summed E-state index contributed by atoms with van der Waals surface area (Å²) in [7, 11) is 0. The van der Waals surface area contributed by atoms with Crippen molar-refractivity contribution in [1.82, 2.24) is 25.3 Å². The number of pyridine rings is 1. The summed E-state index contributed by atoms with van der Waals surface area (Å²) >= 11 is 6.12. The lowest BCUT2D eigenvalue weighted by atomic mass is 10.1. The SMILES string of the molecule is CCNC(=O)c1nnn(-c2cc(C(F)(F)F)ccc2Cl)c1-c1cccnc1. The van der Waals surface area contributed by atoms with Gasteiger partial charge in [0.1, 0.15) is 5.69 Å². The molecule has 0 spiro atoms. The van der Waals surface area contributed by atoms with Gasteiger partial charge in [0, 0.05) is 24.5 Å². The van der Waals surface area contributed by atoms with Gasteiger partial charge in [0.2, 0.25) is 0 Å². The van der Waals surface area contributed by atoms with Crippen molar-refractivity contribution < 1.29 is 18.0 Å². The van der Waals surface area contributed by atoms with Crippen molar-refractivity contribution >= 4 is 17.5 Å². The minimum atomic E-state index is -4.56. The summed E-state index contributed by atoms with van der Waals surface area (Å²) in [4.78, 5) is 16.3. The van der Waals surface area contributed by atoms with Crippen LogP contribution in [0.5, 0.6) is 0 Å². The number of rotatable bonds is 4. The third-order valence-corrected chi connectivity index (χ3v) is 3.98. The molecule has 2 heterocycles. The fourth-order valence-corrected chi connectivity index (χ4v) is 2.66. The van der Waals surface area contributed by atoms with Gasteiger partial charge in [-0.1, -0.05) is 16.8 Å². The zero-order chi connectivity index (χ0) is 19.6. The van der Waals surface area contributed by atoms with Gasteiger partial charge in [-0.3, -0.25) is 9.78 Å². The van der Waals surface area contributed by atoms with Crippen LogP contribution in [0.15, 0.2) is 42.7 Å². The van der Waals surface area contributed by atoms with Gasteiger partial charge in [-0.05, 0) is 37.3 Å². The fourth-order valence-electron chi connectivity index (χ4n) is 2.46. The van der Waals surface area contributed by atoms with Gasteiger partial charge in [-0.25, -0.2) is 4.68 Å². The largest absolute Gasteiger partial charge is 0.416 e. The van der Waals surface area contributed by atoms with Crippen molar-refractivity contribution in [2.45, 2.75) is 13.1 Å². The molecule has 0 saturated heterocycles. The summed E-state index contributed by atoms with van der Waals surface area (Å²) in [5.74, 6) is -0.509. The van der Waals surface area contributed by atoms with Gasteiger partial charge in [-0.2, -0.15) is 13.2 Å². The maximum absolute atomic E-state index is 13.1. The maximum atomic E-state index is 13.1. The molecular weight excluding hydrogens is 383 g/mol. The number of hydrogen-bond donors (Lipinski definition) is 1. The molecule has 1 N–H and O–H groups in total. The summed E-state index contributed by atoms with van der Waals surface area (Å²) in [6.45, 7) is 2.08. The highest BCUT2D eigenvalue weighted by molar-refractivity contribution is 6.32. The third kappa shape index (κ3) is 3.77. The first-order valence-corrected chi connectivity index (χ1v) is 8.22. The third-order valence-electron chi connectivity index (χ3n) is 3.66.